The van der Waals surface area contributed by atoms with E-state index in [0.717, 1.165) is 16.5 Å². The van der Waals surface area contributed by atoms with Crippen LogP contribution in [0.15, 0.2) is 5.38 Å². The minimum atomic E-state index is -0.259. The number of nitrogens with one attached hydrogen (secondary N) is 1. The van der Waals surface area contributed by atoms with Crippen molar-refractivity contribution < 1.29 is 9.53 Å². The van der Waals surface area contributed by atoms with E-state index in [1.54, 1.807) is 16.2 Å². The minimum Gasteiger partial charge on any atom is -0.366 e. The van der Waals surface area contributed by atoms with Crippen molar-refractivity contribution in [1.29, 1.82) is 0 Å². The highest BCUT2D eigenvalue weighted by Crippen LogP contribution is 2.20. The maximum absolute atomic E-state index is 12.3. The zero-order chi connectivity index (χ0) is 14.8. The number of carbonyl (C=O) groups is 1. The standard InChI is InChI=1S/C13H17N5O2S/c1-8-14-13(17-16-8)11-6-18(3-4-20-11)12(19)5-10-7-21-9(2)15-10/h7,11H,3-6H2,1-2H3,(H,14,16,17)/t11-/m1/s1. The lowest BCUT2D eigenvalue weighted by molar-refractivity contribution is -0.138. The number of ether oxygens (including phenoxy) is 1. The van der Waals surface area contributed by atoms with E-state index in [-0.39, 0.29) is 12.0 Å². The first-order chi connectivity index (χ1) is 10.1. The summed E-state index contributed by atoms with van der Waals surface area (Å²) in [4.78, 5) is 22.8. The number of morpholine rings is 1. The number of aromatic amines is 1. The number of nitrogens with zero attached hydrogens (tertiary/aromatic N) is 4. The average Bonchev–Trinajstić information content (AvgIpc) is 3.08. The fourth-order valence-electron chi connectivity index (χ4n) is 2.29. The molecule has 0 radical (unpaired) electrons. The summed E-state index contributed by atoms with van der Waals surface area (Å²) >= 11 is 1.56. The minimum absolute atomic E-state index is 0.0702. The Balaban J connectivity index is 1.64. The third-order valence-corrected chi connectivity index (χ3v) is 4.14. The first-order valence-electron chi connectivity index (χ1n) is 6.81. The molecule has 3 rings (SSSR count). The van der Waals surface area contributed by atoms with Crippen molar-refractivity contribution in [1.82, 2.24) is 25.1 Å². The lowest BCUT2D eigenvalue weighted by Crippen LogP contribution is -2.43. The van der Waals surface area contributed by atoms with Crippen molar-refractivity contribution in [3.63, 3.8) is 0 Å². The Hall–Kier alpha value is -1.80. The van der Waals surface area contributed by atoms with Gasteiger partial charge in [0, 0.05) is 11.9 Å². The molecule has 1 atom stereocenters. The van der Waals surface area contributed by atoms with Gasteiger partial charge in [0.2, 0.25) is 5.91 Å². The number of amides is 1. The number of carbonyl (C=O) groups excluding carboxylic acids is 1. The molecule has 8 heteroatoms. The molecule has 0 aromatic carbocycles. The smallest absolute Gasteiger partial charge is 0.228 e. The highest BCUT2D eigenvalue weighted by molar-refractivity contribution is 7.09. The summed E-state index contributed by atoms with van der Waals surface area (Å²) in [5.74, 6) is 1.42. The summed E-state index contributed by atoms with van der Waals surface area (Å²) in [6, 6.07) is 0. The molecule has 7 nitrogen and oxygen atoms in total. The van der Waals surface area contributed by atoms with Crippen molar-refractivity contribution in [3.05, 3.63) is 27.7 Å². The lowest BCUT2D eigenvalue weighted by Gasteiger charge is -2.31. The maximum Gasteiger partial charge on any atom is 0.228 e. The fraction of sp³-hybridized carbons (Fsp3) is 0.538. The van der Waals surface area contributed by atoms with Gasteiger partial charge in [-0.3, -0.25) is 9.89 Å². The van der Waals surface area contributed by atoms with E-state index in [1.165, 1.54) is 0 Å². The van der Waals surface area contributed by atoms with Crippen LogP contribution in [0.5, 0.6) is 0 Å². The number of hydrogen-bond donors (Lipinski definition) is 1. The van der Waals surface area contributed by atoms with Crippen LogP contribution in [0, 0.1) is 13.8 Å². The van der Waals surface area contributed by atoms with E-state index in [4.69, 9.17) is 4.74 Å². The molecule has 1 saturated heterocycles. The largest absolute Gasteiger partial charge is 0.366 e. The quantitative estimate of drug-likeness (QED) is 0.915. The zero-order valence-corrected chi connectivity index (χ0v) is 12.8. The first-order valence-corrected chi connectivity index (χ1v) is 7.69. The SMILES string of the molecule is Cc1nc([C@H]2CN(C(=O)Cc3csc(C)n3)CCO2)n[nH]1. The lowest BCUT2D eigenvalue weighted by atomic mass is 10.2. The van der Waals surface area contributed by atoms with Gasteiger partial charge < -0.3 is 9.64 Å². The molecular formula is C13H17N5O2S. The summed E-state index contributed by atoms with van der Waals surface area (Å²) in [6.45, 7) is 5.36. The molecule has 0 unspecified atom stereocenters. The zero-order valence-electron chi connectivity index (χ0n) is 12.0. The molecule has 3 heterocycles. The highest BCUT2D eigenvalue weighted by atomic mass is 32.1. The Morgan fingerprint density at radius 3 is 3.05 bits per heavy atom. The molecule has 1 amide bonds. The van der Waals surface area contributed by atoms with Crippen molar-refractivity contribution >= 4 is 17.2 Å². The van der Waals surface area contributed by atoms with Gasteiger partial charge in [-0.1, -0.05) is 0 Å². The van der Waals surface area contributed by atoms with Gasteiger partial charge in [0.05, 0.1) is 30.3 Å². The molecule has 1 fully saturated rings. The van der Waals surface area contributed by atoms with E-state index < -0.39 is 0 Å². The number of thiazole rings is 1. The van der Waals surface area contributed by atoms with Crippen LogP contribution in [0.4, 0.5) is 0 Å². The summed E-state index contributed by atoms with van der Waals surface area (Å²) in [7, 11) is 0. The van der Waals surface area contributed by atoms with E-state index in [0.29, 0.717) is 31.9 Å². The van der Waals surface area contributed by atoms with Crippen molar-refractivity contribution in [3.8, 4) is 0 Å². The molecular weight excluding hydrogens is 290 g/mol. The molecule has 2 aromatic heterocycles. The predicted octanol–water partition coefficient (Wildman–Crippen LogP) is 1.02. The van der Waals surface area contributed by atoms with Crippen molar-refractivity contribution in [2.45, 2.75) is 26.4 Å². The van der Waals surface area contributed by atoms with Gasteiger partial charge in [0.1, 0.15) is 11.9 Å². The van der Waals surface area contributed by atoms with Gasteiger partial charge in [0.15, 0.2) is 5.82 Å². The Morgan fingerprint density at radius 1 is 1.52 bits per heavy atom. The van der Waals surface area contributed by atoms with Crippen LogP contribution in [0.2, 0.25) is 0 Å². The Labute approximate surface area is 126 Å². The van der Waals surface area contributed by atoms with Crippen molar-refractivity contribution in [2.75, 3.05) is 19.7 Å². The third kappa shape index (κ3) is 3.27. The van der Waals surface area contributed by atoms with E-state index in [9.17, 15) is 4.79 Å². The molecule has 112 valence electrons. The van der Waals surface area contributed by atoms with Gasteiger partial charge in [-0.2, -0.15) is 5.10 Å². The topological polar surface area (TPSA) is 84.0 Å². The van der Waals surface area contributed by atoms with Crippen LogP contribution < -0.4 is 0 Å². The maximum atomic E-state index is 12.3. The van der Waals surface area contributed by atoms with Crippen LogP contribution in [-0.2, 0) is 16.0 Å². The van der Waals surface area contributed by atoms with Gasteiger partial charge in [-0.15, -0.1) is 11.3 Å². The summed E-state index contributed by atoms with van der Waals surface area (Å²) in [6.07, 6.45) is 0.0780. The monoisotopic (exact) mass is 307 g/mol. The van der Waals surface area contributed by atoms with E-state index >= 15 is 0 Å². The van der Waals surface area contributed by atoms with Crippen LogP contribution in [0.1, 0.15) is 28.5 Å². The van der Waals surface area contributed by atoms with Crippen LogP contribution in [-0.4, -0.2) is 50.7 Å². The Morgan fingerprint density at radius 2 is 2.38 bits per heavy atom. The number of aryl methyl sites for hydroxylation is 2. The second-order valence-corrected chi connectivity index (χ2v) is 6.08. The molecule has 0 aliphatic carbocycles. The van der Waals surface area contributed by atoms with Gasteiger partial charge in [-0.25, -0.2) is 9.97 Å². The van der Waals surface area contributed by atoms with E-state index in [2.05, 4.69) is 20.2 Å². The number of rotatable bonds is 3. The molecule has 21 heavy (non-hydrogen) atoms. The third-order valence-electron chi connectivity index (χ3n) is 3.32. The average molecular weight is 307 g/mol. The summed E-state index contributed by atoms with van der Waals surface area (Å²) in [5.41, 5.74) is 0.833. The molecule has 2 aromatic rings. The normalized spacial score (nSPS) is 19.0. The number of H-pyrrole nitrogens is 1. The van der Waals surface area contributed by atoms with Gasteiger partial charge in [-0.05, 0) is 13.8 Å². The van der Waals surface area contributed by atoms with Crippen LogP contribution >= 0.6 is 11.3 Å². The number of hydrogen-bond acceptors (Lipinski definition) is 6. The highest BCUT2D eigenvalue weighted by Gasteiger charge is 2.28. The van der Waals surface area contributed by atoms with Gasteiger partial charge in [0.25, 0.3) is 0 Å². The molecule has 0 spiro atoms. The van der Waals surface area contributed by atoms with E-state index in [1.807, 2.05) is 19.2 Å². The summed E-state index contributed by atoms with van der Waals surface area (Å²) in [5, 5.41) is 9.82. The van der Waals surface area contributed by atoms with Gasteiger partial charge >= 0.3 is 0 Å². The molecule has 0 saturated carbocycles. The van der Waals surface area contributed by atoms with Crippen LogP contribution in [0.25, 0.3) is 0 Å². The fourth-order valence-corrected chi connectivity index (χ4v) is 2.90. The number of aromatic nitrogens is 4. The second-order valence-electron chi connectivity index (χ2n) is 5.01. The van der Waals surface area contributed by atoms with Crippen LogP contribution in [0.3, 0.4) is 0 Å². The molecule has 0 bridgehead atoms. The Bertz CT molecular complexity index is 638. The first kappa shape index (κ1) is 14.2. The molecule has 1 aliphatic rings. The Kier molecular flexibility index (Phi) is 3.98. The second kappa shape index (κ2) is 5.90. The molecule has 1 N–H and O–H groups in total. The van der Waals surface area contributed by atoms with Crippen molar-refractivity contribution in [2.24, 2.45) is 0 Å². The molecule has 1 aliphatic heterocycles. The predicted molar refractivity (Wildman–Crippen MR) is 76.9 cm³/mol. The summed E-state index contributed by atoms with van der Waals surface area (Å²) < 4.78 is 5.66.